The van der Waals surface area contributed by atoms with Gasteiger partial charge in [-0.2, -0.15) is 0 Å². The summed E-state index contributed by atoms with van der Waals surface area (Å²) >= 11 is 18.1. The largest absolute Gasteiger partial charge is 0.385 e. The Bertz CT molecular complexity index is 1020. The molecule has 34 heavy (non-hydrogen) atoms. The quantitative estimate of drug-likeness (QED) is 0.362. The van der Waals surface area contributed by atoms with Gasteiger partial charge in [0.25, 0.3) is 5.91 Å². The van der Waals surface area contributed by atoms with Gasteiger partial charge in [-0.05, 0) is 62.4 Å². The molecule has 1 unspecified atom stereocenters. The molecule has 0 spiro atoms. The number of carbonyl (C=O) groups excluding carboxylic acids is 2. The lowest BCUT2D eigenvalue weighted by molar-refractivity contribution is -0.118. The van der Waals surface area contributed by atoms with Crippen LogP contribution >= 0.6 is 35.4 Å². The standard InChI is InChI=1S/C26H30Cl2N2O3S/c1-17(31)22(30-25(34)26(14-15-33-2)12-3-4-13-26)16-18-8-10-19(11-9-18)29-24(32)23-20(27)6-5-7-21(23)28/h5-11,22H,3-4,12-16H2,1-2H3,(H,29,32)(H,30,34). The summed E-state index contributed by atoms with van der Waals surface area (Å²) in [5.41, 5.74) is 1.71. The number of halogens is 2. The smallest absolute Gasteiger partial charge is 0.258 e. The molecule has 1 aliphatic carbocycles. The number of carbonyl (C=O) groups is 2. The lowest BCUT2D eigenvalue weighted by atomic mass is 9.82. The minimum atomic E-state index is -0.408. The molecule has 0 aromatic heterocycles. The summed E-state index contributed by atoms with van der Waals surface area (Å²) < 4.78 is 5.31. The van der Waals surface area contributed by atoms with Crippen molar-refractivity contribution in [3.05, 3.63) is 63.6 Å². The first-order valence-electron chi connectivity index (χ1n) is 11.4. The third kappa shape index (κ3) is 6.57. The number of hydrogen-bond acceptors (Lipinski definition) is 4. The molecule has 2 aromatic carbocycles. The predicted octanol–water partition coefficient (Wildman–Crippen LogP) is 6.26. The summed E-state index contributed by atoms with van der Waals surface area (Å²) in [6.07, 6.45) is 5.70. The van der Waals surface area contributed by atoms with Gasteiger partial charge >= 0.3 is 0 Å². The van der Waals surface area contributed by atoms with Crippen LogP contribution in [-0.2, 0) is 16.0 Å². The molecule has 0 heterocycles. The van der Waals surface area contributed by atoms with Crippen LogP contribution in [0, 0.1) is 5.41 Å². The number of hydrogen-bond donors (Lipinski definition) is 2. The summed E-state index contributed by atoms with van der Waals surface area (Å²) in [6, 6.07) is 11.9. The minimum absolute atomic E-state index is 0.0352. The van der Waals surface area contributed by atoms with Crippen LogP contribution in [0.15, 0.2) is 42.5 Å². The molecule has 5 nitrogen and oxygen atoms in total. The Labute approximate surface area is 216 Å². The second-order valence-electron chi connectivity index (χ2n) is 8.82. The SMILES string of the molecule is COCCC1(C(=S)NC(Cc2ccc(NC(=O)c3c(Cl)cccc3Cl)cc2)C(C)=O)CCCC1. The van der Waals surface area contributed by atoms with Crippen LogP contribution in [0.5, 0.6) is 0 Å². The fourth-order valence-corrected chi connectivity index (χ4v) is 5.43. The Morgan fingerprint density at radius 3 is 2.26 bits per heavy atom. The topological polar surface area (TPSA) is 67.4 Å². The molecule has 182 valence electrons. The highest BCUT2D eigenvalue weighted by molar-refractivity contribution is 7.80. The average Bonchev–Trinajstić information content (AvgIpc) is 3.28. The number of ether oxygens (including phenoxy) is 1. The Morgan fingerprint density at radius 2 is 1.71 bits per heavy atom. The molecular weight excluding hydrogens is 491 g/mol. The van der Waals surface area contributed by atoms with E-state index in [4.69, 9.17) is 40.2 Å². The van der Waals surface area contributed by atoms with Crippen LogP contribution in [0.25, 0.3) is 0 Å². The first-order valence-corrected chi connectivity index (χ1v) is 12.6. The first-order chi connectivity index (χ1) is 16.3. The van der Waals surface area contributed by atoms with Crippen LogP contribution in [-0.4, -0.2) is 36.4 Å². The number of benzene rings is 2. The highest BCUT2D eigenvalue weighted by atomic mass is 35.5. The fourth-order valence-electron chi connectivity index (χ4n) is 4.42. The number of ketones is 1. The monoisotopic (exact) mass is 520 g/mol. The maximum atomic E-state index is 12.6. The number of rotatable bonds is 10. The van der Waals surface area contributed by atoms with Crippen LogP contribution in [0.4, 0.5) is 5.69 Å². The van der Waals surface area contributed by atoms with Crippen LogP contribution in [0.1, 0.15) is 54.9 Å². The summed E-state index contributed by atoms with van der Waals surface area (Å²) in [5.74, 6) is -0.345. The molecule has 2 aromatic rings. The highest BCUT2D eigenvalue weighted by Crippen LogP contribution is 2.42. The number of Topliss-reactive ketones (excluding diaryl/α,β-unsaturated/α-hetero) is 1. The van der Waals surface area contributed by atoms with Crippen molar-refractivity contribution in [2.75, 3.05) is 19.0 Å². The van der Waals surface area contributed by atoms with E-state index in [-0.39, 0.29) is 22.7 Å². The summed E-state index contributed by atoms with van der Waals surface area (Å²) in [6.45, 7) is 2.23. The van der Waals surface area contributed by atoms with E-state index in [1.807, 2.05) is 12.1 Å². The van der Waals surface area contributed by atoms with E-state index in [9.17, 15) is 9.59 Å². The van der Waals surface area contributed by atoms with Gasteiger partial charge in [0.15, 0.2) is 5.78 Å². The van der Waals surface area contributed by atoms with Gasteiger partial charge in [0.2, 0.25) is 0 Å². The van der Waals surface area contributed by atoms with Crippen molar-refractivity contribution in [3.8, 4) is 0 Å². The molecule has 1 atom stereocenters. The maximum Gasteiger partial charge on any atom is 0.258 e. The number of amides is 1. The number of methoxy groups -OCH3 is 1. The summed E-state index contributed by atoms with van der Waals surface area (Å²) in [4.78, 5) is 25.8. The van der Waals surface area contributed by atoms with E-state index < -0.39 is 6.04 Å². The minimum Gasteiger partial charge on any atom is -0.385 e. The Balaban J connectivity index is 1.65. The zero-order valence-electron chi connectivity index (χ0n) is 19.5. The molecule has 0 saturated heterocycles. The van der Waals surface area contributed by atoms with Crippen molar-refractivity contribution >= 4 is 57.8 Å². The van der Waals surface area contributed by atoms with Crippen molar-refractivity contribution in [1.82, 2.24) is 5.32 Å². The fraction of sp³-hybridized carbons (Fsp3) is 0.423. The molecule has 1 saturated carbocycles. The predicted molar refractivity (Wildman–Crippen MR) is 142 cm³/mol. The number of anilines is 1. The Kier molecular flexibility index (Phi) is 9.48. The summed E-state index contributed by atoms with van der Waals surface area (Å²) in [5, 5.41) is 6.76. The second-order valence-corrected chi connectivity index (χ2v) is 10.0. The number of thiocarbonyl (C=S) groups is 1. The van der Waals surface area contributed by atoms with E-state index in [1.165, 1.54) is 0 Å². The molecule has 1 amide bonds. The molecule has 8 heteroatoms. The van der Waals surface area contributed by atoms with Gasteiger partial charge in [0.05, 0.1) is 26.6 Å². The van der Waals surface area contributed by atoms with Crippen LogP contribution in [0.2, 0.25) is 10.0 Å². The van der Waals surface area contributed by atoms with Gasteiger partial charge in [-0.1, -0.05) is 66.5 Å². The normalized spacial score (nSPS) is 15.5. The molecule has 2 N–H and O–H groups in total. The van der Waals surface area contributed by atoms with Crippen molar-refractivity contribution in [1.29, 1.82) is 0 Å². The molecule has 0 bridgehead atoms. The first kappa shape index (κ1) is 26.6. The van der Waals surface area contributed by atoms with Crippen molar-refractivity contribution in [3.63, 3.8) is 0 Å². The third-order valence-electron chi connectivity index (χ3n) is 6.46. The van der Waals surface area contributed by atoms with E-state index in [0.717, 1.165) is 42.7 Å². The molecule has 3 rings (SSSR count). The van der Waals surface area contributed by atoms with Crippen LogP contribution < -0.4 is 10.6 Å². The van der Waals surface area contributed by atoms with Gasteiger partial charge in [-0.15, -0.1) is 0 Å². The summed E-state index contributed by atoms with van der Waals surface area (Å²) in [7, 11) is 1.70. The maximum absolute atomic E-state index is 12.6. The van der Waals surface area contributed by atoms with E-state index in [2.05, 4.69) is 10.6 Å². The van der Waals surface area contributed by atoms with Crippen molar-refractivity contribution in [2.24, 2.45) is 5.41 Å². The van der Waals surface area contributed by atoms with Gasteiger partial charge in [0, 0.05) is 24.8 Å². The van der Waals surface area contributed by atoms with E-state index in [1.54, 1.807) is 44.4 Å². The van der Waals surface area contributed by atoms with Crippen molar-refractivity contribution in [2.45, 2.75) is 51.5 Å². The Morgan fingerprint density at radius 1 is 1.09 bits per heavy atom. The van der Waals surface area contributed by atoms with Crippen molar-refractivity contribution < 1.29 is 14.3 Å². The molecule has 0 radical (unpaired) electrons. The van der Waals surface area contributed by atoms with Gasteiger partial charge < -0.3 is 15.4 Å². The highest BCUT2D eigenvalue weighted by Gasteiger charge is 2.38. The lowest BCUT2D eigenvalue weighted by Gasteiger charge is -2.32. The molecule has 1 fully saturated rings. The zero-order valence-corrected chi connectivity index (χ0v) is 21.8. The molecular formula is C26H30Cl2N2O3S. The van der Waals surface area contributed by atoms with E-state index in [0.29, 0.717) is 28.8 Å². The van der Waals surface area contributed by atoms with Gasteiger partial charge in [-0.25, -0.2) is 0 Å². The van der Waals surface area contributed by atoms with Gasteiger partial charge in [0.1, 0.15) is 0 Å². The average molecular weight is 522 g/mol. The second kappa shape index (κ2) is 12.1. The molecule has 0 aliphatic heterocycles. The van der Waals surface area contributed by atoms with Gasteiger partial charge in [-0.3, -0.25) is 9.59 Å². The lowest BCUT2D eigenvalue weighted by Crippen LogP contribution is -2.47. The third-order valence-corrected chi connectivity index (χ3v) is 7.65. The van der Waals surface area contributed by atoms with Crippen LogP contribution in [0.3, 0.4) is 0 Å². The van der Waals surface area contributed by atoms with E-state index >= 15 is 0 Å². The molecule has 1 aliphatic rings. The number of nitrogens with one attached hydrogen (secondary N) is 2. The zero-order chi connectivity index (χ0) is 24.7. The Hall–Kier alpha value is -1.99.